The van der Waals surface area contributed by atoms with E-state index in [-0.39, 0.29) is 30.1 Å². The summed E-state index contributed by atoms with van der Waals surface area (Å²) in [5, 5.41) is 18.2. The summed E-state index contributed by atoms with van der Waals surface area (Å²) in [6.07, 6.45) is 5.03. The highest BCUT2D eigenvalue weighted by Gasteiger charge is 2.21. The number of nitrogens with one attached hydrogen (secondary N) is 3. The Morgan fingerprint density at radius 3 is 2.94 bits per heavy atom. The maximum absolute atomic E-state index is 13.6. The standard InChI is InChI=1S/C19H16ClFN8O2/c20-13-4-1-11(21)5-9(13)7-22-17-26-15-10(6-14-16(30)27-19(31)25-14)8-23-29(15)18(28-17)24-12-2-3-12/h1,4-6,8,12,30H,2-3,7H2,(H,22,24,28)(H2,25,27,31)/b10-6+. The molecule has 0 atom stereocenters. The lowest BCUT2D eigenvalue weighted by molar-refractivity contribution is 0.454. The highest BCUT2D eigenvalue weighted by Crippen LogP contribution is 2.22. The van der Waals surface area contributed by atoms with Crippen molar-refractivity contribution in [3.8, 4) is 5.88 Å². The van der Waals surface area contributed by atoms with Crippen LogP contribution < -0.4 is 21.8 Å². The van der Waals surface area contributed by atoms with E-state index in [1.807, 2.05) is 0 Å². The van der Waals surface area contributed by atoms with Crippen molar-refractivity contribution < 1.29 is 9.50 Å². The van der Waals surface area contributed by atoms with Crippen LogP contribution in [-0.4, -0.2) is 40.7 Å². The number of benzene rings is 1. The van der Waals surface area contributed by atoms with Gasteiger partial charge in [0.1, 0.15) is 11.5 Å². The molecule has 1 aliphatic rings. The molecule has 3 aromatic heterocycles. The minimum absolute atomic E-state index is 0.185. The molecule has 12 heteroatoms. The number of aromatic amines is 2. The fourth-order valence-electron chi connectivity index (χ4n) is 3.01. The van der Waals surface area contributed by atoms with Crippen molar-refractivity contribution in [1.29, 1.82) is 0 Å². The molecule has 1 aliphatic carbocycles. The van der Waals surface area contributed by atoms with Gasteiger partial charge in [0.05, 0.1) is 12.2 Å². The molecule has 4 N–H and O–H groups in total. The number of H-pyrrole nitrogens is 2. The van der Waals surface area contributed by atoms with E-state index >= 15 is 0 Å². The van der Waals surface area contributed by atoms with Crippen LogP contribution in [0.1, 0.15) is 24.1 Å². The summed E-state index contributed by atoms with van der Waals surface area (Å²) in [4.78, 5) is 29.7. The zero-order chi connectivity index (χ0) is 21.5. The summed E-state index contributed by atoms with van der Waals surface area (Å²) < 4.78 is 15.0. The van der Waals surface area contributed by atoms with Crippen molar-refractivity contribution in [2.45, 2.75) is 25.4 Å². The van der Waals surface area contributed by atoms with Crippen molar-refractivity contribution in [2.24, 2.45) is 4.99 Å². The van der Waals surface area contributed by atoms with E-state index in [0.29, 0.717) is 27.1 Å². The van der Waals surface area contributed by atoms with Crippen LogP contribution in [0.5, 0.6) is 5.88 Å². The average molecular weight is 443 g/mol. The molecule has 4 aromatic rings. The normalized spacial score (nSPS) is 15.2. The molecular weight excluding hydrogens is 427 g/mol. The molecule has 0 unspecified atom stereocenters. The first-order valence-electron chi connectivity index (χ1n) is 9.47. The molecule has 1 aromatic carbocycles. The fraction of sp³-hybridized carbons (Fsp3) is 0.211. The summed E-state index contributed by atoms with van der Waals surface area (Å²) in [5.74, 6) is -0.426. The number of rotatable bonds is 5. The molecule has 0 spiro atoms. The predicted molar refractivity (Wildman–Crippen MR) is 110 cm³/mol. The Kier molecular flexibility index (Phi) is 4.66. The van der Waals surface area contributed by atoms with E-state index < -0.39 is 11.5 Å². The second kappa shape index (κ2) is 7.51. The monoisotopic (exact) mass is 442 g/mol. The van der Waals surface area contributed by atoms with Gasteiger partial charge >= 0.3 is 5.69 Å². The van der Waals surface area contributed by atoms with Crippen LogP contribution in [0.3, 0.4) is 0 Å². The lowest BCUT2D eigenvalue weighted by Crippen LogP contribution is -2.24. The van der Waals surface area contributed by atoms with Crippen molar-refractivity contribution in [3.63, 3.8) is 0 Å². The number of hydrogen-bond acceptors (Lipinski definition) is 7. The Morgan fingerprint density at radius 1 is 1.35 bits per heavy atom. The second-order valence-electron chi connectivity index (χ2n) is 7.12. The fourth-order valence-corrected chi connectivity index (χ4v) is 3.20. The lowest BCUT2D eigenvalue weighted by Gasteiger charge is -2.07. The Hall–Kier alpha value is -3.73. The van der Waals surface area contributed by atoms with Gasteiger partial charge in [-0.15, -0.1) is 0 Å². The van der Waals surface area contributed by atoms with E-state index in [1.54, 1.807) is 0 Å². The van der Waals surface area contributed by atoms with Gasteiger partial charge in [0.25, 0.3) is 5.62 Å². The molecular formula is C19H16ClFN8O2. The Balaban J connectivity index is 1.59. The van der Waals surface area contributed by atoms with Crippen LogP contribution in [0.15, 0.2) is 34.2 Å². The van der Waals surface area contributed by atoms with Crippen LogP contribution in [0.2, 0.25) is 5.02 Å². The van der Waals surface area contributed by atoms with Crippen molar-refractivity contribution in [3.05, 3.63) is 67.8 Å². The summed E-state index contributed by atoms with van der Waals surface area (Å²) in [5.41, 5.74) is 1.00. The van der Waals surface area contributed by atoms with Gasteiger partial charge in [-0.05, 0) is 42.7 Å². The summed E-state index contributed by atoms with van der Waals surface area (Å²) in [6, 6.07) is 4.30. The zero-order valence-corrected chi connectivity index (χ0v) is 16.7. The van der Waals surface area contributed by atoms with Crippen LogP contribution in [0.25, 0.3) is 11.7 Å². The van der Waals surface area contributed by atoms with E-state index in [9.17, 15) is 14.3 Å². The highest BCUT2D eigenvalue weighted by molar-refractivity contribution is 6.31. The largest absolute Gasteiger partial charge is 0.493 e. The first-order chi connectivity index (χ1) is 15.0. The van der Waals surface area contributed by atoms with Crippen molar-refractivity contribution in [2.75, 3.05) is 5.32 Å². The quantitative estimate of drug-likeness (QED) is 0.362. The summed E-state index contributed by atoms with van der Waals surface area (Å²) >= 11 is 6.14. The summed E-state index contributed by atoms with van der Waals surface area (Å²) in [7, 11) is 0. The number of aromatic nitrogens is 6. The van der Waals surface area contributed by atoms with Crippen molar-refractivity contribution >= 4 is 29.3 Å². The van der Waals surface area contributed by atoms with Crippen LogP contribution in [0, 0.1) is 5.82 Å². The number of aromatic hydroxyl groups is 1. The third-order valence-electron chi connectivity index (χ3n) is 4.70. The maximum atomic E-state index is 13.6. The number of imidazole rings is 1. The SMILES string of the molecule is O=c1[nH]c(O)c(/C=c2\cnn3c(=NC4CC4)nc(NCc4cc(F)ccc4Cl)nc23)[nH]1. The molecule has 31 heavy (non-hydrogen) atoms. The highest BCUT2D eigenvalue weighted by atomic mass is 35.5. The van der Waals surface area contributed by atoms with Gasteiger partial charge in [-0.25, -0.2) is 14.2 Å². The molecule has 158 valence electrons. The van der Waals surface area contributed by atoms with Gasteiger partial charge < -0.3 is 15.4 Å². The van der Waals surface area contributed by atoms with E-state index in [0.717, 1.165) is 12.8 Å². The van der Waals surface area contributed by atoms with Gasteiger partial charge in [0, 0.05) is 16.8 Å². The minimum atomic E-state index is -0.534. The smallest absolute Gasteiger partial charge is 0.326 e. The Bertz CT molecular complexity index is 1470. The van der Waals surface area contributed by atoms with Gasteiger partial charge in [-0.1, -0.05) is 11.6 Å². The van der Waals surface area contributed by atoms with Crippen LogP contribution >= 0.6 is 11.6 Å². The molecule has 0 aliphatic heterocycles. The zero-order valence-electron chi connectivity index (χ0n) is 15.9. The molecule has 5 rings (SSSR count). The van der Waals surface area contributed by atoms with Gasteiger partial charge in [0.2, 0.25) is 11.8 Å². The first-order valence-corrected chi connectivity index (χ1v) is 9.84. The van der Waals surface area contributed by atoms with Crippen LogP contribution in [0.4, 0.5) is 10.3 Å². The number of halogens is 2. The lowest BCUT2D eigenvalue weighted by atomic mass is 10.2. The van der Waals surface area contributed by atoms with E-state index in [1.165, 1.54) is 35.0 Å². The van der Waals surface area contributed by atoms with E-state index in [4.69, 9.17) is 11.6 Å². The topological polar surface area (TPSA) is 136 Å². The second-order valence-corrected chi connectivity index (χ2v) is 7.53. The predicted octanol–water partition coefficient (Wildman–Crippen LogP) is 0.862. The molecule has 0 bridgehead atoms. The minimum Gasteiger partial charge on any atom is -0.493 e. The first kappa shape index (κ1) is 19.2. The molecule has 0 amide bonds. The number of hydrogen-bond donors (Lipinski definition) is 4. The third-order valence-corrected chi connectivity index (χ3v) is 5.07. The number of nitrogens with zero attached hydrogens (tertiary/aromatic N) is 5. The Labute approximate surface area is 178 Å². The van der Waals surface area contributed by atoms with E-state index in [2.05, 4.69) is 35.3 Å². The number of anilines is 1. The molecule has 1 fully saturated rings. The molecule has 10 nitrogen and oxygen atoms in total. The van der Waals surface area contributed by atoms with Gasteiger partial charge in [-0.3, -0.25) is 4.98 Å². The summed E-state index contributed by atoms with van der Waals surface area (Å²) in [6.45, 7) is 0.203. The molecule has 0 radical (unpaired) electrons. The average Bonchev–Trinajstić information content (AvgIpc) is 3.37. The van der Waals surface area contributed by atoms with Gasteiger partial charge in [-0.2, -0.15) is 19.6 Å². The van der Waals surface area contributed by atoms with Crippen molar-refractivity contribution in [1.82, 2.24) is 29.5 Å². The van der Waals surface area contributed by atoms with Crippen LogP contribution in [-0.2, 0) is 6.54 Å². The number of fused-ring (bicyclic) bond motifs is 1. The maximum Gasteiger partial charge on any atom is 0.326 e. The molecule has 1 saturated carbocycles. The Morgan fingerprint density at radius 2 is 2.19 bits per heavy atom. The molecule has 3 heterocycles. The molecule has 0 saturated heterocycles. The third kappa shape index (κ3) is 3.99. The van der Waals surface area contributed by atoms with Gasteiger partial charge in [0.15, 0.2) is 5.65 Å².